The quantitative estimate of drug-likeness (QED) is 0.0936. The van der Waals surface area contributed by atoms with E-state index in [-0.39, 0.29) is 30.5 Å². The molecule has 0 bridgehead atoms. The summed E-state index contributed by atoms with van der Waals surface area (Å²) < 4.78 is 13.1. The lowest BCUT2D eigenvalue weighted by Crippen LogP contribution is -3.00. The minimum absolute atomic E-state index is 0. The number of aromatic nitrogens is 1. The van der Waals surface area contributed by atoms with Crippen molar-refractivity contribution < 1.29 is 31.2 Å². The summed E-state index contributed by atoms with van der Waals surface area (Å²) >= 11 is 5.89. The van der Waals surface area contributed by atoms with Crippen molar-refractivity contribution in [3.63, 3.8) is 0 Å². The molecular formula is C26H34Cl2N6O3. The third kappa shape index (κ3) is 9.73. The molecule has 37 heavy (non-hydrogen) atoms. The second kappa shape index (κ2) is 16.6. The molecule has 0 saturated carbocycles. The number of hydrogen-bond acceptors (Lipinski definition) is 6. The van der Waals surface area contributed by atoms with Crippen LogP contribution >= 0.6 is 11.6 Å². The van der Waals surface area contributed by atoms with Crippen molar-refractivity contribution in [2.75, 3.05) is 31.1 Å². The van der Waals surface area contributed by atoms with Crippen molar-refractivity contribution in [3.05, 3.63) is 53.8 Å². The SMILES string of the molecule is N#CN=C(N)N(CCCCCCOc1ccc(Cl)cc1)c1cc[n+](C(OC=O)C2CCNCC2)cc1.[Cl-]. The standard InChI is InChI=1S/C26H34ClN6O3.ClH/c27-22-5-7-24(8-6-22)35-18-4-2-1-3-15-33(26(29)31-19-28)23-11-16-32(17-12-23)25(36-20-34)21-9-13-30-14-10-21;/h5-8,11-12,16-17,20-21,25,30H,1-4,9-10,13-15,18H2,(H2,29,31);1H/q+1;/p-1. The zero-order chi connectivity index (χ0) is 25.6. The van der Waals surface area contributed by atoms with Crippen LogP contribution in [0.4, 0.5) is 5.69 Å². The Kier molecular flexibility index (Phi) is 13.6. The molecule has 1 aromatic carbocycles. The number of nitrogens with zero attached hydrogens (tertiary/aromatic N) is 4. The van der Waals surface area contributed by atoms with Crippen LogP contribution < -0.4 is 37.7 Å². The second-order valence-electron chi connectivity index (χ2n) is 8.65. The van der Waals surface area contributed by atoms with E-state index >= 15 is 0 Å². The molecule has 1 aromatic heterocycles. The minimum Gasteiger partial charge on any atom is -1.00 e. The van der Waals surface area contributed by atoms with E-state index in [0.29, 0.717) is 24.6 Å². The number of guanidine groups is 1. The van der Waals surface area contributed by atoms with E-state index in [0.717, 1.165) is 63.1 Å². The van der Waals surface area contributed by atoms with Crippen LogP contribution in [-0.2, 0) is 9.53 Å². The monoisotopic (exact) mass is 548 g/mol. The van der Waals surface area contributed by atoms with Gasteiger partial charge in [0.15, 0.2) is 12.4 Å². The molecule has 3 rings (SSSR count). The van der Waals surface area contributed by atoms with Gasteiger partial charge in [0.05, 0.1) is 18.2 Å². The molecule has 1 aliphatic rings. The number of nitrogens with one attached hydrogen (secondary N) is 1. The van der Waals surface area contributed by atoms with Gasteiger partial charge in [-0.1, -0.05) is 24.4 Å². The fourth-order valence-electron chi connectivity index (χ4n) is 4.32. The van der Waals surface area contributed by atoms with Gasteiger partial charge in [-0.3, -0.25) is 4.79 Å². The van der Waals surface area contributed by atoms with Gasteiger partial charge in [-0.2, -0.15) is 9.83 Å². The lowest BCUT2D eigenvalue weighted by atomic mass is 9.96. The number of unbranched alkanes of at least 4 members (excludes halogenated alkanes) is 3. The summed E-state index contributed by atoms with van der Waals surface area (Å²) in [7, 11) is 0. The van der Waals surface area contributed by atoms with Crippen molar-refractivity contribution in [2.24, 2.45) is 16.6 Å². The largest absolute Gasteiger partial charge is 1.00 e. The van der Waals surface area contributed by atoms with Crippen LogP contribution in [0.25, 0.3) is 0 Å². The van der Waals surface area contributed by atoms with E-state index in [1.807, 2.05) is 58.3 Å². The Hall–Kier alpha value is -3.06. The molecular weight excluding hydrogens is 515 g/mol. The number of carbonyl (C=O) groups is 1. The number of aliphatic imine (C=N–C) groups is 1. The Morgan fingerprint density at radius 1 is 1.19 bits per heavy atom. The molecule has 2 aromatic rings. The van der Waals surface area contributed by atoms with E-state index in [4.69, 9.17) is 32.1 Å². The van der Waals surface area contributed by atoms with Crippen molar-refractivity contribution in [1.29, 1.82) is 5.26 Å². The molecule has 9 nitrogen and oxygen atoms in total. The number of anilines is 1. The molecule has 0 spiro atoms. The molecule has 1 unspecified atom stereocenters. The zero-order valence-electron chi connectivity index (χ0n) is 20.8. The first-order valence-corrected chi connectivity index (χ1v) is 12.7. The molecule has 1 saturated heterocycles. The van der Waals surface area contributed by atoms with E-state index in [2.05, 4.69) is 10.3 Å². The first-order chi connectivity index (χ1) is 17.6. The van der Waals surface area contributed by atoms with Crippen LogP contribution in [0.2, 0.25) is 5.02 Å². The fraction of sp³-hybridized carbons (Fsp3) is 0.462. The topological polar surface area (TPSA) is 117 Å². The number of halogens is 2. The van der Waals surface area contributed by atoms with Crippen molar-refractivity contribution >= 4 is 29.7 Å². The number of piperidine rings is 1. The lowest BCUT2D eigenvalue weighted by molar-refractivity contribution is -0.764. The van der Waals surface area contributed by atoms with Gasteiger partial charge in [0.1, 0.15) is 5.75 Å². The van der Waals surface area contributed by atoms with Gasteiger partial charge in [0, 0.05) is 23.7 Å². The lowest BCUT2D eigenvalue weighted by Gasteiger charge is -2.26. The second-order valence-corrected chi connectivity index (χ2v) is 9.09. The van der Waals surface area contributed by atoms with Gasteiger partial charge in [0.25, 0.3) is 6.47 Å². The van der Waals surface area contributed by atoms with Crippen molar-refractivity contribution in [2.45, 2.75) is 44.8 Å². The molecule has 3 N–H and O–H groups in total. The number of ether oxygens (including phenoxy) is 2. The highest BCUT2D eigenvalue weighted by Gasteiger charge is 2.32. The molecule has 0 amide bonds. The molecule has 200 valence electrons. The van der Waals surface area contributed by atoms with Crippen LogP contribution in [0.15, 0.2) is 53.8 Å². The maximum Gasteiger partial charge on any atom is 0.307 e. The van der Waals surface area contributed by atoms with Crippen molar-refractivity contribution in [3.8, 4) is 11.9 Å². The maximum atomic E-state index is 11.1. The number of hydrogen-bond donors (Lipinski definition) is 2. The highest BCUT2D eigenvalue weighted by atomic mass is 35.5. The molecule has 0 radical (unpaired) electrons. The molecule has 1 atom stereocenters. The molecule has 1 fully saturated rings. The Balaban J connectivity index is 0.00000481. The van der Waals surface area contributed by atoms with Crippen LogP contribution in [0.1, 0.15) is 44.8 Å². The highest BCUT2D eigenvalue weighted by Crippen LogP contribution is 2.23. The summed E-state index contributed by atoms with van der Waals surface area (Å²) in [5.74, 6) is 1.21. The Labute approximate surface area is 229 Å². The Morgan fingerprint density at radius 3 is 2.51 bits per heavy atom. The van der Waals surface area contributed by atoms with E-state index in [9.17, 15) is 4.79 Å². The smallest absolute Gasteiger partial charge is 0.307 e. The van der Waals surface area contributed by atoms with Gasteiger partial charge in [-0.15, -0.1) is 4.99 Å². The average Bonchev–Trinajstić information content (AvgIpc) is 2.91. The molecule has 2 heterocycles. The number of pyridine rings is 1. The normalized spacial score (nSPS) is 14.6. The predicted octanol–water partition coefficient (Wildman–Crippen LogP) is 0.544. The fourth-order valence-corrected chi connectivity index (χ4v) is 4.45. The summed E-state index contributed by atoms with van der Waals surface area (Å²) in [6.07, 6.45) is 10.9. The predicted molar refractivity (Wildman–Crippen MR) is 138 cm³/mol. The van der Waals surface area contributed by atoms with Gasteiger partial charge in [-0.25, -0.2) is 0 Å². The average molecular weight is 550 g/mol. The van der Waals surface area contributed by atoms with Crippen LogP contribution in [-0.4, -0.2) is 38.7 Å². The Morgan fingerprint density at radius 2 is 1.86 bits per heavy atom. The summed E-state index contributed by atoms with van der Waals surface area (Å²) in [6.45, 7) is 3.59. The Bertz CT molecular complexity index is 1010. The third-order valence-electron chi connectivity index (χ3n) is 6.22. The van der Waals surface area contributed by atoms with Crippen molar-refractivity contribution in [1.82, 2.24) is 5.32 Å². The molecule has 0 aliphatic carbocycles. The van der Waals surface area contributed by atoms with E-state index in [1.165, 1.54) is 0 Å². The molecule has 1 aliphatic heterocycles. The number of rotatable bonds is 13. The highest BCUT2D eigenvalue weighted by molar-refractivity contribution is 6.30. The number of benzene rings is 1. The van der Waals surface area contributed by atoms with Gasteiger partial charge < -0.3 is 37.8 Å². The van der Waals surface area contributed by atoms with Gasteiger partial charge in [0.2, 0.25) is 12.2 Å². The number of nitrogens with two attached hydrogens (primary N) is 1. The summed E-state index contributed by atoms with van der Waals surface area (Å²) in [5, 5.41) is 13.0. The summed E-state index contributed by atoms with van der Waals surface area (Å²) in [4.78, 5) is 16.7. The summed E-state index contributed by atoms with van der Waals surface area (Å²) in [5.41, 5.74) is 6.92. The maximum absolute atomic E-state index is 11.1. The van der Waals surface area contributed by atoms with Gasteiger partial charge in [-0.05, 0) is 63.0 Å². The van der Waals surface area contributed by atoms with E-state index < -0.39 is 0 Å². The first kappa shape index (κ1) is 30.2. The third-order valence-corrected chi connectivity index (χ3v) is 6.47. The molecule has 11 heteroatoms. The number of carbonyl (C=O) groups excluding carboxylic acids is 1. The first-order valence-electron chi connectivity index (χ1n) is 12.3. The van der Waals surface area contributed by atoms with Gasteiger partial charge >= 0.3 is 6.23 Å². The minimum atomic E-state index is -0.354. The zero-order valence-corrected chi connectivity index (χ0v) is 22.3. The van der Waals surface area contributed by atoms with Crippen LogP contribution in [0.3, 0.4) is 0 Å². The summed E-state index contributed by atoms with van der Waals surface area (Å²) in [6, 6.07) is 11.2. The van der Waals surface area contributed by atoms with Crippen LogP contribution in [0, 0.1) is 17.4 Å². The number of nitriles is 1. The van der Waals surface area contributed by atoms with E-state index in [1.54, 1.807) is 6.19 Å². The van der Waals surface area contributed by atoms with Crippen LogP contribution in [0.5, 0.6) is 5.75 Å².